The number of hydrogen-bond donors (Lipinski definition) is 2. The standard InChI is InChI=1S/C25H17Cl2N3O5/c26-16-6-4-7-17(13-16)30-24(33)19(23(32)29-25(30)34)12-15-5-3-8-18(11-15)35-14-22(31)28-21-10-2-1-9-20(21)27/h1-13H,14H2,(H,28,31)(H,29,32,34)/b19-12+. The molecule has 1 heterocycles. The van der Waals surface area contributed by atoms with Crippen LogP contribution in [0.25, 0.3) is 6.08 Å². The number of urea groups is 1. The predicted molar refractivity (Wildman–Crippen MR) is 132 cm³/mol. The molecule has 1 aliphatic heterocycles. The van der Waals surface area contributed by atoms with Crippen molar-refractivity contribution in [1.29, 1.82) is 0 Å². The zero-order valence-electron chi connectivity index (χ0n) is 18.0. The Balaban J connectivity index is 1.49. The largest absolute Gasteiger partial charge is 0.484 e. The van der Waals surface area contributed by atoms with Crippen LogP contribution >= 0.6 is 23.2 Å². The van der Waals surface area contributed by atoms with Gasteiger partial charge < -0.3 is 10.1 Å². The number of halogens is 2. The van der Waals surface area contributed by atoms with Gasteiger partial charge in [-0.3, -0.25) is 19.7 Å². The molecule has 10 heteroatoms. The van der Waals surface area contributed by atoms with Gasteiger partial charge in [-0.15, -0.1) is 0 Å². The second-order valence-corrected chi connectivity index (χ2v) is 8.17. The highest BCUT2D eigenvalue weighted by Crippen LogP contribution is 2.25. The summed E-state index contributed by atoms with van der Waals surface area (Å²) in [5, 5.41) is 5.53. The van der Waals surface area contributed by atoms with Crippen LogP contribution in [0.1, 0.15) is 5.56 Å². The molecule has 4 rings (SSSR count). The number of barbiturate groups is 1. The lowest BCUT2D eigenvalue weighted by atomic mass is 10.1. The minimum atomic E-state index is -0.874. The van der Waals surface area contributed by atoms with Crippen molar-refractivity contribution in [1.82, 2.24) is 5.32 Å². The van der Waals surface area contributed by atoms with Crippen LogP contribution in [0.5, 0.6) is 5.75 Å². The third-order valence-corrected chi connectivity index (χ3v) is 5.42. The summed E-state index contributed by atoms with van der Waals surface area (Å²) >= 11 is 12.0. The summed E-state index contributed by atoms with van der Waals surface area (Å²) in [5.41, 5.74) is 0.882. The number of ether oxygens (including phenoxy) is 1. The maximum absolute atomic E-state index is 13.0. The monoisotopic (exact) mass is 509 g/mol. The van der Waals surface area contributed by atoms with Gasteiger partial charge in [-0.05, 0) is 54.1 Å². The van der Waals surface area contributed by atoms with E-state index in [1.54, 1.807) is 60.7 Å². The van der Waals surface area contributed by atoms with Crippen molar-refractivity contribution in [3.8, 4) is 5.75 Å². The number of hydrogen-bond acceptors (Lipinski definition) is 5. The Hall–Kier alpha value is -4.14. The fraction of sp³-hybridized carbons (Fsp3) is 0.0400. The molecule has 0 unspecified atom stereocenters. The molecule has 0 aliphatic carbocycles. The van der Waals surface area contributed by atoms with Crippen molar-refractivity contribution in [2.45, 2.75) is 0 Å². The van der Waals surface area contributed by atoms with E-state index in [-0.39, 0.29) is 17.9 Å². The summed E-state index contributed by atoms with van der Waals surface area (Å²) in [7, 11) is 0. The molecule has 5 amide bonds. The summed E-state index contributed by atoms with van der Waals surface area (Å²) in [6.45, 7) is -0.290. The first-order valence-electron chi connectivity index (χ1n) is 10.3. The molecule has 0 atom stereocenters. The molecule has 35 heavy (non-hydrogen) atoms. The van der Waals surface area contributed by atoms with Gasteiger partial charge in [0.05, 0.1) is 16.4 Å². The van der Waals surface area contributed by atoms with E-state index in [0.717, 1.165) is 4.90 Å². The van der Waals surface area contributed by atoms with E-state index >= 15 is 0 Å². The minimum Gasteiger partial charge on any atom is -0.484 e. The zero-order chi connectivity index (χ0) is 24.9. The van der Waals surface area contributed by atoms with E-state index in [1.165, 1.54) is 18.2 Å². The number of benzene rings is 3. The first-order valence-corrected chi connectivity index (χ1v) is 11.0. The molecule has 176 valence electrons. The summed E-state index contributed by atoms with van der Waals surface area (Å²) in [6, 6.07) is 18.5. The summed E-state index contributed by atoms with van der Waals surface area (Å²) in [6.07, 6.45) is 1.33. The predicted octanol–water partition coefficient (Wildman–Crippen LogP) is 4.68. The van der Waals surface area contributed by atoms with Crippen LogP contribution in [0, 0.1) is 0 Å². The van der Waals surface area contributed by atoms with E-state index in [2.05, 4.69) is 10.6 Å². The molecular weight excluding hydrogens is 493 g/mol. The third kappa shape index (κ3) is 5.68. The van der Waals surface area contributed by atoms with E-state index in [9.17, 15) is 19.2 Å². The van der Waals surface area contributed by atoms with Crippen molar-refractivity contribution in [2.24, 2.45) is 0 Å². The van der Waals surface area contributed by atoms with E-state index in [1.807, 2.05) is 0 Å². The van der Waals surface area contributed by atoms with Gasteiger partial charge in [0.25, 0.3) is 17.7 Å². The van der Waals surface area contributed by atoms with Gasteiger partial charge in [0.1, 0.15) is 11.3 Å². The maximum Gasteiger partial charge on any atom is 0.335 e. The Bertz CT molecular complexity index is 1370. The molecule has 2 N–H and O–H groups in total. The smallest absolute Gasteiger partial charge is 0.335 e. The highest BCUT2D eigenvalue weighted by atomic mass is 35.5. The Labute approximate surface area is 210 Å². The number of rotatable bonds is 6. The van der Waals surface area contributed by atoms with Crippen molar-refractivity contribution in [3.63, 3.8) is 0 Å². The van der Waals surface area contributed by atoms with E-state index in [4.69, 9.17) is 27.9 Å². The van der Waals surface area contributed by atoms with Crippen LogP contribution in [0.2, 0.25) is 10.0 Å². The zero-order valence-corrected chi connectivity index (χ0v) is 19.5. The Morgan fingerprint density at radius 3 is 2.51 bits per heavy atom. The van der Waals surface area contributed by atoms with Gasteiger partial charge in [0.2, 0.25) is 0 Å². The molecule has 1 saturated heterocycles. The number of carbonyl (C=O) groups is 4. The normalized spacial score (nSPS) is 14.6. The summed E-state index contributed by atoms with van der Waals surface area (Å²) in [5.74, 6) is -1.71. The fourth-order valence-corrected chi connectivity index (χ4v) is 3.63. The summed E-state index contributed by atoms with van der Waals surface area (Å²) < 4.78 is 5.54. The SMILES string of the molecule is O=C(COc1cccc(/C=C2\C(=O)NC(=O)N(c3cccc(Cl)c3)C2=O)c1)Nc1ccccc1Cl. The molecule has 0 spiro atoms. The number of carbonyl (C=O) groups excluding carboxylic acids is 4. The van der Waals surface area contributed by atoms with Gasteiger partial charge in [-0.1, -0.05) is 53.5 Å². The first kappa shape index (κ1) is 24.0. The second kappa shape index (κ2) is 10.4. The molecule has 0 bridgehead atoms. The number of para-hydroxylation sites is 1. The number of amides is 5. The van der Waals surface area contributed by atoms with Crippen LogP contribution in [-0.4, -0.2) is 30.4 Å². The minimum absolute atomic E-state index is 0.222. The molecule has 8 nitrogen and oxygen atoms in total. The Morgan fingerprint density at radius 1 is 0.971 bits per heavy atom. The quantitative estimate of drug-likeness (QED) is 0.370. The van der Waals surface area contributed by atoms with Gasteiger partial charge >= 0.3 is 6.03 Å². The highest BCUT2D eigenvalue weighted by molar-refractivity contribution is 6.39. The fourth-order valence-electron chi connectivity index (χ4n) is 3.27. The average Bonchev–Trinajstić information content (AvgIpc) is 2.82. The topological polar surface area (TPSA) is 105 Å². The Kier molecular flexibility index (Phi) is 7.14. The van der Waals surface area contributed by atoms with Gasteiger partial charge in [-0.2, -0.15) is 0 Å². The van der Waals surface area contributed by atoms with Crippen molar-refractivity contribution < 1.29 is 23.9 Å². The van der Waals surface area contributed by atoms with Crippen LogP contribution in [-0.2, 0) is 14.4 Å². The lowest BCUT2D eigenvalue weighted by molar-refractivity contribution is -0.122. The third-order valence-electron chi connectivity index (χ3n) is 4.86. The van der Waals surface area contributed by atoms with Crippen molar-refractivity contribution in [2.75, 3.05) is 16.8 Å². The molecule has 1 aliphatic rings. The first-order chi connectivity index (χ1) is 16.8. The van der Waals surface area contributed by atoms with Gasteiger partial charge in [0, 0.05) is 5.02 Å². The van der Waals surface area contributed by atoms with Crippen molar-refractivity contribution in [3.05, 3.63) is 94.0 Å². The maximum atomic E-state index is 13.0. The van der Waals surface area contributed by atoms with E-state index in [0.29, 0.717) is 27.0 Å². The lowest BCUT2D eigenvalue weighted by Crippen LogP contribution is -2.54. The number of nitrogens with one attached hydrogen (secondary N) is 2. The van der Waals surface area contributed by atoms with Crippen molar-refractivity contribution >= 4 is 64.4 Å². The van der Waals surface area contributed by atoms with Gasteiger partial charge in [0.15, 0.2) is 6.61 Å². The molecule has 3 aromatic carbocycles. The van der Waals surface area contributed by atoms with Gasteiger partial charge in [-0.25, -0.2) is 9.69 Å². The van der Waals surface area contributed by atoms with Crippen LogP contribution in [0.15, 0.2) is 78.4 Å². The molecule has 1 fully saturated rings. The molecule has 3 aromatic rings. The molecule has 0 saturated carbocycles. The van der Waals surface area contributed by atoms with Crippen LogP contribution < -0.4 is 20.3 Å². The molecule has 0 radical (unpaired) electrons. The lowest BCUT2D eigenvalue weighted by Gasteiger charge is -2.26. The van der Waals surface area contributed by atoms with Crippen LogP contribution in [0.4, 0.5) is 16.2 Å². The number of imide groups is 2. The summed E-state index contributed by atoms with van der Waals surface area (Å²) in [4.78, 5) is 50.7. The molecular formula is C25H17Cl2N3O5. The second-order valence-electron chi connectivity index (χ2n) is 7.33. The van der Waals surface area contributed by atoms with E-state index < -0.39 is 23.8 Å². The number of anilines is 2. The molecule has 0 aromatic heterocycles. The Morgan fingerprint density at radius 2 is 1.74 bits per heavy atom. The van der Waals surface area contributed by atoms with Crippen LogP contribution in [0.3, 0.4) is 0 Å². The highest BCUT2D eigenvalue weighted by Gasteiger charge is 2.36. The number of nitrogens with zero attached hydrogens (tertiary/aromatic N) is 1. The average molecular weight is 510 g/mol.